The van der Waals surface area contributed by atoms with E-state index in [1.54, 1.807) is 0 Å². The van der Waals surface area contributed by atoms with Gasteiger partial charge in [0.05, 0.1) is 5.76 Å². The first-order valence-corrected chi connectivity index (χ1v) is 8.77. The smallest absolute Gasteiger partial charge is 0.0928 e. The summed E-state index contributed by atoms with van der Waals surface area (Å²) in [5, 5.41) is 9.89. The number of hydrogen-bond donors (Lipinski definition) is 1. The van der Waals surface area contributed by atoms with E-state index >= 15 is 0 Å². The van der Waals surface area contributed by atoms with E-state index in [0.717, 1.165) is 18.4 Å². The first-order valence-electron chi connectivity index (χ1n) is 8.77. The molecule has 0 atom stereocenters. The summed E-state index contributed by atoms with van der Waals surface area (Å²) in [6.07, 6.45) is 16.0. The van der Waals surface area contributed by atoms with Crippen molar-refractivity contribution >= 4 is 6.08 Å². The summed E-state index contributed by atoms with van der Waals surface area (Å²) in [5.74, 6) is 0.515. The zero-order valence-corrected chi connectivity index (χ0v) is 13.7. The first kappa shape index (κ1) is 17.8. The van der Waals surface area contributed by atoms with Gasteiger partial charge in [0, 0.05) is 6.42 Å². The molecular formula is C20H32O. The Kier molecular flexibility index (Phi) is 10.6. The summed E-state index contributed by atoms with van der Waals surface area (Å²) in [7, 11) is 0. The molecule has 0 radical (unpaired) electrons. The fourth-order valence-corrected chi connectivity index (χ4v) is 2.61. The van der Waals surface area contributed by atoms with Crippen molar-refractivity contribution in [3.8, 4) is 0 Å². The predicted octanol–water partition coefficient (Wildman–Crippen LogP) is 6.90. The fraction of sp³-hybridized carbons (Fsp3) is 0.600. The Bertz CT molecular complexity index is 367. The minimum absolute atomic E-state index is 0.515. The van der Waals surface area contributed by atoms with Crippen molar-refractivity contribution in [3.05, 3.63) is 41.7 Å². The largest absolute Gasteiger partial charge is 0.512 e. The highest BCUT2D eigenvalue weighted by Crippen LogP contribution is 2.14. The fourth-order valence-electron chi connectivity index (χ4n) is 2.61. The van der Waals surface area contributed by atoms with Crippen LogP contribution in [0.1, 0.15) is 83.1 Å². The van der Waals surface area contributed by atoms with Crippen LogP contribution in [0.15, 0.2) is 36.1 Å². The molecule has 0 spiro atoms. The molecule has 0 unspecified atom stereocenters. The van der Waals surface area contributed by atoms with Gasteiger partial charge in [-0.2, -0.15) is 0 Å². The SMILES string of the molecule is CCCCCCCCCCCCC(O)=Cc1ccccc1. The van der Waals surface area contributed by atoms with Gasteiger partial charge in [-0.1, -0.05) is 95.0 Å². The van der Waals surface area contributed by atoms with Gasteiger partial charge < -0.3 is 5.11 Å². The monoisotopic (exact) mass is 288 g/mol. The second kappa shape index (κ2) is 12.5. The van der Waals surface area contributed by atoms with Crippen LogP contribution in [0.5, 0.6) is 0 Å². The Labute approximate surface area is 131 Å². The predicted molar refractivity (Wildman–Crippen MR) is 93.5 cm³/mol. The Balaban J connectivity index is 1.95. The maximum absolute atomic E-state index is 9.89. The van der Waals surface area contributed by atoms with E-state index in [4.69, 9.17) is 0 Å². The molecule has 0 heterocycles. The number of unbranched alkanes of at least 4 members (excludes halogenated alkanes) is 9. The van der Waals surface area contributed by atoms with Gasteiger partial charge in [-0.05, 0) is 18.1 Å². The van der Waals surface area contributed by atoms with Crippen LogP contribution in [0.25, 0.3) is 6.08 Å². The molecule has 0 saturated heterocycles. The molecule has 1 N–H and O–H groups in total. The van der Waals surface area contributed by atoms with Crippen LogP contribution in [0.3, 0.4) is 0 Å². The lowest BCUT2D eigenvalue weighted by atomic mass is 10.1. The molecule has 0 aromatic heterocycles. The van der Waals surface area contributed by atoms with Crippen LogP contribution in [-0.4, -0.2) is 5.11 Å². The van der Waals surface area contributed by atoms with Gasteiger partial charge in [0.15, 0.2) is 0 Å². The molecule has 1 nitrogen and oxygen atoms in total. The zero-order valence-electron chi connectivity index (χ0n) is 13.7. The van der Waals surface area contributed by atoms with Gasteiger partial charge in [0.25, 0.3) is 0 Å². The van der Waals surface area contributed by atoms with E-state index < -0.39 is 0 Å². The molecule has 1 rings (SSSR count). The third-order valence-electron chi connectivity index (χ3n) is 3.92. The number of aliphatic hydroxyl groups excluding tert-OH is 1. The Hall–Kier alpha value is -1.24. The molecule has 1 heteroatoms. The Morgan fingerprint density at radius 3 is 1.90 bits per heavy atom. The van der Waals surface area contributed by atoms with Crippen LogP contribution in [0, 0.1) is 0 Å². The summed E-state index contributed by atoms with van der Waals surface area (Å²) >= 11 is 0. The van der Waals surface area contributed by atoms with Crippen LogP contribution in [0.4, 0.5) is 0 Å². The molecule has 1 aromatic carbocycles. The second-order valence-electron chi connectivity index (χ2n) is 5.98. The third-order valence-corrected chi connectivity index (χ3v) is 3.92. The van der Waals surface area contributed by atoms with Gasteiger partial charge in [-0.15, -0.1) is 0 Å². The topological polar surface area (TPSA) is 20.2 Å². The van der Waals surface area contributed by atoms with Crippen molar-refractivity contribution in [2.24, 2.45) is 0 Å². The summed E-state index contributed by atoms with van der Waals surface area (Å²) in [5.41, 5.74) is 1.09. The van der Waals surface area contributed by atoms with E-state index in [1.807, 2.05) is 36.4 Å². The number of rotatable bonds is 12. The number of hydrogen-bond acceptors (Lipinski definition) is 1. The maximum Gasteiger partial charge on any atom is 0.0928 e. The Morgan fingerprint density at radius 2 is 1.33 bits per heavy atom. The van der Waals surface area contributed by atoms with Crippen molar-refractivity contribution < 1.29 is 5.11 Å². The molecule has 21 heavy (non-hydrogen) atoms. The third kappa shape index (κ3) is 10.2. The van der Waals surface area contributed by atoms with Crippen LogP contribution < -0.4 is 0 Å². The van der Waals surface area contributed by atoms with E-state index in [2.05, 4.69) is 6.92 Å². The van der Waals surface area contributed by atoms with Crippen molar-refractivity contribution in [3.63, 3.8) is 0 Å². The number of aliphatic hydroxyl groups is 1. The number of allylic oxidation sites excluding steroid dienone is 1. The van der Waals surface area contributed by atoms with Gasteiger partial charge in [-0.3, -0.25) is 0 Å². The summed E-state index contributed by atoms with van der Waals surface area (Å²) in [6.45, 7) is 2.27. The Morgan fingerprint density at radius 1 is 0.810 bits per heavy atom. The van der Waals surface area contributed by atoms with E-state index in [9.17, 15) is 5.11 Å². The van der Waals surface area contributed by atoms with Crippen molar-refractivity contribution in [1.82, 2.24) is 0 Å². The van der Waals surface area contributed by atoms with Crippen LogP contribution in [-0.2, 0) is 0 Å². The summed E-state index contributed by atoms with van der Waals surface area (Å²) in [6, 6.07) is 10.0. The normalized spacial score (nSPS) is 11.8. The van der Waals surface area contributed by atoms with Gasteiger partial charge in [0.2, 0.25) is 0 Å². The van der Waals surface area contributed by atoms with Gasteiger partial charge in [0.1, 0.15) is 0 Å². The standard InChI is InChI=1S/C20H32O/c1-2-3-4-5-6-7-8-9-10-14-17-20(21)18-19-15-12-11-13-16-19/h11-13,15-16,18,21H,2-10,14,17H2,1H3. The van der Waals surface area contributed by atoms with E-state index in [0.29, 0.717) is 5.76 Å². The lowest BCUT2D eigenvalue weighted by molar-refractivity contribution is 0.385. The molecule has 118 valence electrons. The first-order chi connectivity index (χ1) is 10.3. The van der Waals surface area contributed by atoms with Crippen LogP contribution >= 0.6 is 0 Å². The van der Waals surface area contributed by atoms with Gasteiger partial charge in [-0.25, -0.2) is 0 Å². The molecule has 0 saturated carbocycles. The lowest BCUT2D eigenvalue weighted by Crippen LogP contribution is -1.85. The molecule has 0 aliphatic carbocycles. The van der Waals surface area contributed by atoms with Crippen LogP contribution in [0.2, 0.25) is 0 Å². The second-order valence-corrected chi connectivity index (χ2v) is 5.98. The lowest BCUT2D eigenvalue weighted by Gasteiger charge is -2.03. The van der Waals surface area contributed by atoms with Crippen molar-refractivity contribution in [1.29, 1.82) is 0 Å². The highest BCUT2D eigenvalue weighted by atomic mass is 16.3. The average Bonchev–Trinajstić information content (AvgIpc) is 2.50. The zero-order chi connectivity index (χ0) is 15.2. The average molecular weight is 288 g/mol. The van der Waals surface area contributed by atoms with Crippen molar-refractivity contribution in [2.45, 2.75) is 77.6 Å². The maximum atomic E-state index is 9.89. The molecule has 0 aliphatic heterocycles. The highest BCUT2D eigenvalue weighted by molar-refractivity contribution is 5.50. The molecule has 0 fully saturated rings. The summed E-state index contributed by atoms with van der Waals surface area (Å²) in [4.78, 5) is 0. The minimum atomic E-state index is 0.515. The molecular weight excluding hydrogens is 256 g/mol. The van der Waals surface area contributed by atoms with Crippen molar-refractivity contribution in [2.75, 3.05) is 0 Å². The minimum Gasteiger partial charge on any atom is -0.512 e. The van der Waals surface area contributed by atoms with Gasteiger partial charge >= 0.3 is 0 Å². The highest BCUT2D eigenvalue weighted by Gasteiger charge is 1.96. The molecule has 0 bridgehead atoms. The molecule has 0 amide bonds. The van der Waals surface area contributed by atoms with E-state index in [-0.39, 0.29) is 0 Å². The molecule has 1 aromatic rings. The number of benzene rings is 1. The quantitative estimate of drug-likeness (QED) is 0.328. The van der Waals surface area contributed by atoms with E-state index in [1.165, 1.54) is 57.8 Å². The molecule has 0 aliphatic rings. The summed E-state index contributed by atoms with van der Waals surface area (Å²) < 4.78 is 0.